The molecule has 0 aliphatic heterocycles. The Balaban J connectivity index is -0.0000000140. The third-order valence-electron chi connectivity index (χ3n) is 0. The molecule has 0 heterocycles. The van der Waals surface area contributed by atoms with Gasteiger partial charge in [-0.2, -0.15) is 0 Å². The summed E-state index contributed by atoms with van der Waals surface area (Å²) in [5.74, 6) is 0. The summed E-state index contributed by atoms with van der Waals surface area (Å²) in [6.45, 7) is 11.0. The molecule has 0 N–H and O–H groups in total. The molecule has 0 aromatic heterocycles. The van der Waals surface area contributed by atoms with E-state index in [2.05, 4.69) is 0 Å². The zero-order chi connectivity index (χ0) is 18.9. The van der Waals surface area contributed by atoms with Crippen molar-refractivity contribution in [1.82, 2.24) is 0 Å². The van der Waals surface area contributed by atoms with Gasteiger partial charge in [0.1, 0.15) is 0 Å². The zero-order valence-corrected chi connectivity index (χ0v) is 22.7. The van der Waals surface area contributed by atoms with E-state index in [-0.39, 0.29) is 114 Å². The molecule has 0 fully saturated rings. The standard InChI is InChI=1S/7C2H5O.Sr.Ta/c7*1-2-3;;/h7*2H2,1H3;;/q7*-1;+2;+5. The van der Waals surface area contributed by atoms with E-state index in [4.69, 9.17) is 35.7 Å². The minimum absolute atomic E-state index is 0. The van der Waals surface area contributed by atoms with Gasteiger partial charge in [0, 0.05) is 0 Å². The first-order valence-electron chi connectivity index (χ1n) is 6.97. The third-order valence-corrected chi connectivity index (χ3v) is 0. The Morgan fingerprint density at radius 3 is 0.348 bits per heavy atom. The zero-order valence-electron chi connectivity index (χ0n) is 16.0. The van der Waals surface area contributed by atoms with Crippen LogP contribution in [0.3, 0.4) is 0 Å². The molecule has 0 radical (unpaired) electrons. The Bertz CT molecular complexity index is 50.7. The minimum Gasteiger partial charge on any atom is -0.855 e. The van der Waals surface area contributed by atoms with Crippen molar-refractivity contribution >= 4 is 45.5 Å². The van der Waals surface area contributed by atoms with Gasteiger partial charge in [0.05, 0.1) is 0 Å². The molecule has 7 nitrogen and oxygen atoms in total. The summed E-state index contributed by atoms with van der Waals surface area (Å²) in [4.78, 5) is 0. The summed E-state index contributed by atoms with van der Waals surface area (Å²) in [6, 6.07) is 0. The molecule has 0 rings (SSSR count). The van der Waals surface area contributed by atoms with Gasteiger partial charge < -0.3 is 35.7 Å². The summed E-state index contributed by atoms with van der Waals surface area (Å²) in [5, 5.41) is 62.5. The van der Waals surface area contributed by atoms with E-state index < -0.39 is 0 Å². The van der Waals surface area contributed by atoms with Gasteiger partial charge in [-0.05, 0) is 0 Å². The molecule has 0 saturated carbocycles. The molecule has 0 aromatic carbocycles. The smallest absolute Gasteiger partial charge is 0.855 e. The molecule has 9 heteroatoms. The molecular weight excluding hydrogens is 549 g/mol. The van der Waals surface area contributed by atoms with Gasteiger partial charge in [-0.1, -0.05) is 48.5 Å². The molecule has 0 amide bonds. The Morgan fingerprint density at radius 2 is 0.348 bits per heavy atom. The van der Waals surface area contributed by atoms with E-state index >= 15 is 0 Å². The van der Waals surface area contributed by atoms with E-state index in [1.165, 1.54) is 0 Å². The second-order valence-corrected chi connectivity index (χ2v) is 2.02. The monoisotopic (exact) mass is 584 g/mol. The normalized spacial score (nSPS) is 5.48. The summed E-state index contributed by atoms with van der Waals surface area (Å²) in [7, 11) is 0. The van der Waals surface area contributed by atoms with Crippen LogP contribution < -0.4 is 35.7 Å². The Kier molecular flexibility index (Phi) is 386. The second-order valence-electron chi connectivity index (χ2n) is 2.02. The molecule has 0 bridgehead atoms. The van der Waals surface area contributed by atoms with E-state index in [1.54, 1.807) is 48.5 Å². The fourth-order valence-corrected chi connectivity index (χ4v) is 0. The van der Waals surface area contributed by atoms with Gasteiger partial charge in [-0.15, -0.1) is 46.2 Å². The Hall–Kier alpha value is 1.94. The van der Waals surface area contributed by atoms with Crippen LogP contribution in [0.15, 0.2) is 0 Å². The molecule has 140 valence electrons. The molecule has 0 unspecified atom stereocenters. The maximum atomic E-state index is 8.93. The predicted octanol–water partition coefficient (Wildman–Crippen LogP) is -4.82. The average Bonchev–Trinajstić information content (AvgIpc) is 2.35. The van der Waals surface area contributed by atoms with Crippen LogP contribution in [0.4, 0.5) is 0 Å². The van der Waals surface area contributed by atoms with Crippen LogP contribution in [0.1, 0.15) is 48.5 Å². The van der Waals surface area contributed by atoms with Crippen molar-refractivity contribution in [1.29, 1.82) is 0 Å². The maximum Gasteiger partial charge on any atom is 5.00 e. The summed E-state index contributed by atoms with van der Waals surface area (Å²) in [6.07, 6.45) is 0. The van der Waals surface area contributed by atoms with Crippen molar-refractivity contribution in [3.8, 4) is 0 Å². The van der Waals surface area contributed by atoms with Crippen LogP contribution in [0.25, 0.3) is 0 Å². The van der Waals surface area contributed by atoms with E-state index in [0.717, 1.165) is 0 Å². The number of hydrogen-bond acceptors (Lipinski definition) is 7. The van der Waals surface area contributed by atoms with Crippen LogP contribution >= 0.6 is 0 Å². The van der Waals surface area contributed by atoms with Crippen LogP contribution in [0.5, 0.6) is 0 Å². The summed E-state index contributed by atoms with van der Waals surface area (Å²) >= 11 is 0. The molecule has 0 saturated heterocycles. The van der Waals surface area contributed by atoms with Gasteiger partial charge in [0.15, 0.2) is 0 Å². The van der Waals surface area contributed by atoms with Crippen molar-refractivity contribution in [3.63, 3.8) is 0 Å². The molecule has 23 heavy (non-hydrogen) atoms. The van der Waals surface area contributed by atoms with Gasteiger partial charge in [0.25, 0.3) is 0 Å². The van der Waals surface area contributed by atoms with E-state index in [9.17, 15) is 0 Å². The Morgan fingerprint density at radius 1 is 0.348 bits per heavy atom. The fourth-order valence-electron chi connectivity index (χ4n) is 0. The topological polar surface area (TPSA) is 161 Å². The van der Waals surface area contributed by atoms with Gasteiger partial charge in [-0.25, -0.2) is 0 Å². The molecule has 0 aliphatic carbocycles. The number of hydrogen-bond donors (Lipinski definition) is 0. The molecule has 0 aliphatic rings. The van der Waals surface area contributed by atoms with Crippen LogP contribution in [0, 0.1) is 0 Å². The molecular formula is C14H35O7SrTa. The fraction of sp³-hybridized carbons (Fsp3) is 1.00. The van der Waals surface area contributed by atoms with Crippen LogP contribution in [-0.2, 0) is 22.4 Å². The van der Waals surface area contributed by atoms with Crippen molar-refractivity contribution in [2.45, 2.75) is 48.5 Å². The van der Waals surface area contributed by atoms with Crippen molar-refractivity contribution in [2.24, 2.45) is 0 Å². The Labute approximate surface area is 196 Å². The van der Waals surface area contributed by atoms with Crippen molar-refractivity contribution in [2.75, 3.05) is 46.2 Å². The van der Waals surface area contributed by atoms with Crippen molar-refractivity contribution in [3.05, 3.63) is 0 Å². The van der Waals surface area contributed by atoms with Crippen LogP contribution in [0.2, 0.25) is 0 Å². The first-order valence-corrected chi connectivity index (χ1v) is 6.97. The van der Waals surface area contributed by atoms with Crippen LogP contribution in [-0.4, -0.2) is 91.7 Å². The first kappa shape index (κ1) is 56.3. The quantitative estimate of drug-likeness (QED) is 0.258. The SMILES string of the molecule is CC[O-].CC[O-].CC[O-].CC[O-].CC[O-].CC[O-].CC[O-].[Sr+2].[Ta+5]. The predicted molar refractivity (Wildman–Crippen MR) is 79.5 cm³/mol. The van der Waals surface area contributed by atoms with E-state index in [1.807, 2.05) is 0 Å². The summed E-state index contributed by atoms with van der Waals surface area (Å²) in [5.41, 5.74) is 0. The minimum atomic E-state index is 0. The van der Waals surface area contributed by atoms with Crippen molar-refractivity contribution < 1.29 is 58.1 Å². The third kappa shape index (κ3) is 3060. The largest absolute Gasteiger partial charge is 5.00 e. The van der Waals surface area contributed by atoms with E-state index in [0.29, 0.717) is 0 Å². The second kappa shape index (κ2) is 158. The van der Waals surface area contributed by atoms with Gasteiger partial charge in [-0.3, -0.25) is 0 Å². The van der Waals surface area contributed by atoms with Gasteiger partial charge >= 0.3 is 67.9 Å². The number of rotatable bonds is 0. The maximum absolute atomic E-state index is 8.93. The first-order chi connectivity index (χ1) is 9.90. The molecule has 0 atom stereocenters. The van der Waals surface area contributed by atoms with Gasteiger partial charge in [0.2, 0.25) is 0 Å². The summed E-state index contributed by atoms with van der Waals surface area (Å²) < 4.78 is 0. The molecule has 0 spiro atoms. The molecule has 0 aromatic rings. The average molecular weight is 584 g/mol.